The molecule has 0 saturated heterocycles. The molecule has 51 heavy (non-hydrogen) atoms. The third-order valence-electron chi connectivity index (χ3n) is 7.56. The molecule has 10 nitrogen and oxygen atoms in total. The molecular formula is C38H37Cl3N4O6. The molecule has 0 aliphatic rings. The second-order valence-corrected chi connectivity index (χ2v) is 12.5. The van der Waals surface area contributed by atoms with E-state index in [1.807, 2.05) is 53.2 Å². The first kappa shape index (κ1) is 37.8. The number of aromatic amines is 1. The predicted molar refractivity (Wildman–Crippen MR) is 200 cm³/mol. The summed E-state index contributed by atoms with van der Waals surface area (Å²) in [6.45, 7) is 2.95. The topological polar surface area (TPSA) is 117 Å². The zero-order valence-electron chi connectivity index (χ0n) is 27.6. The molecule has 13 heteroatoms. The van der Waals surface area contributed by atoms with E-state index >= 15 is 0 Å². The molecule has 2 heterocycles. The largest absolute Gasteiger partial charge is 0.491 e. The summed E-state index contributed by atoms with van der Waals surface area (Å²) in [5, 5.41) is 4.29. The highest BCUT2D eigenvalue weighted by atomic mass is 35.5. The molecule has 266 valence electrons. The van der Waals surface area contributed by atoms with Gasteiger partial charge >= 0.3 is 0 Å². The molecule has 0 aliphatic heterocycles. The van der Waals surface area contributed by atoms with Crippen LogP contribution in [0.15, 0.2) is 103 Å². The van der Waals surface area contributed by atoms with E-state index in [0.717, 1.165) is 28.0 Å². The number of nitrogens with zero attached hydrogens (tertiary/aromatic N) is 2. The van der Waals surface area contributed by atoms with Crippen LogP contribution in [0.4, 0.5) is 0 Å². The molecule has 3 aromatic carbocycles. The third kappa shape index (κ3) is 12.4. The van der Waals surface area contributed by atoms with E-state index in [-0.39, 0.29) is 18.1 Å². The van der Waals surface area contributed by atoms with E-state index in [2.05, 4.69) is 15.3 Å². The first-order valence-corrected chi connectivity index (χ1v) is 17.3. The van der Waals surface area contributed by atoms with Gasteiger partial charge in [-0.2, -0.15) is 0 Å². The SMILES string of the molecule is O=C(NCCOCCOCCOc1ccc(/C=C/c2ccc(=O)[nH]c2)cc1)c1ccc(COC(Cn2ccnc2)c2ccc(Cl)cc2Cl)c(Cl)c1. The van der Waals surface area contributed by atoms with Crippen LogP contribution < -0.4 is 15.6 Å². The summed E-state index contributed by atoms with van der Waals surface area (Å²) >= 11 is 19.1. The van der Waals surface area contributed by atoms with Gasteiger partial charge in [0.1, 0.15) is 18.5 Å². The van der Waals surface area contributed by atoms with Gasteiger partial charge in [0.05, 0.1) is 45.9 Å². The van der Waals surface area contributed by atoms with E-state index in [1.54, 1.807) is 55.1 Å². The average molecular weight is 752 g/mol. The molecule has 0 radical (unpaired) electrons. The summed E-state index contributed by atoms with van der Waals surface area (Å²) in [6, 6.07) is 21.3. The van der Waals surface area contributed by atoms with Gasteiger partial charge < -0.3 is 33.8 Å². The van der Waals surface area contributed by atoms with Gasteiger partial charge in [-0.15, -0.1) is 0 Å². The number of carbonyl (C=O) groups is 1. The van der Waals surface area contributed by atoms with Gasteiger partial charge in [0, 0.05) is 57.4 Å². The number of H-pyrrole nitrogens is 1. The summed E-state index contributed by atoms with van der Waals surface area (Å²) in [7, 11) is 0. The van der Waals surface area contributed by atoms with Crippen LogP contribution in [0.3, 0.4) is 0 Å². The molecular weight excluding hydrogens is 715 g/mol. The number of hydrogen-bond donors (Lipinski definition) is 2. The fourth-order valence-corrected chi connectivity index (χ4v) is 5.62. The lowest BCUT2D eigenvalue weighted by Crippen LogP contribution is -2.27. The summed E-state index contributed by atoms with van der Waals surface area (Å²) in [4.78, 5) is 30.6. The Morgan fingerprint density at radius 2 is 1.63 bits per heavy atom. The first-order chi connectivity index (χ1) is 24.8. The fraction of sp³-hybridized carbons (Fsp3) is 0.237. The standard InChI is InChI=1S/C38H37Cl3N4O6/c39-31-8-11-33(35(41)22-31)36(24-45-15-13-42-26-45)51-25-30-7-6-29(21-34(30)40)38(47)43-14-16-48-17-18-49-19-20-50-32-9-3-27(4-10-32)1-2-28-5-12-37(46)44-23-28/h1-13,15,21-23,26,36H,14,16-20,24-25H2,(H,43,47)(H,44,46)/b2-1+. The Kier molecular flexibility index (Phi) is 14.7. The van der Waals surface area contributed by atoms with Crippen LogP contribution in [-0.2, 0) is 27.4 Å². The Morgan fingerprint density at radius 1 is 0.863 bits per heavy atom. The zero-order valence-corrected chi connectivity index (χ0v) is 29.9. The second kappa shape index (κ2) is 19.8. The number of pyridine rings is 1. The number of amides is 1. The Bertz CT molecular complexity index is 1910. The van der Waals surface area contributed by atoms with E-state index in [1.165, 1.54) is 6.07 Å². The summed E-state index contributed by atoms with van der Waals surface area (Å²) in [6.07, 6.45) is 10.4. The number of benzene rings is 3. The Labute approximate surface area is 310 Å². The average Bonchev–Trinajstić information content (AvgIpc) is 3.65. The van der Waals surface area contributed by atoms with Gasteiger partial charge in [-0.05, 0) is 59.2 Å². The van der Waals surface area contributed by atoms with Crippen LogP contribution >= 0.6 is 34.8 Å². The first-order valence-electron chi connectivity index (χ1n) is 16.2. The number of imidazole rings is 1. The molecule has 0 aliphatic carbocycles. The van der Waals surface area contributed by atoms with Crippen molar-refractivity contribution < 1.29 is 23.7 Å². The lowest BCUT2D eigenvalue weighted by molar-refractivity contribution is 0.0280. The molecule has 1 unspecified atom stereocenters. The molecule has 2 N–H and O–H groups in total. The van der Waals surface area contributed by atoms with E-state index in [9.17, 15) is 9.59 Å². The molecule has 0 spiro atoms. The molecule has 1 atom stereocenters. The van der Waals surface area contributed by atoms with Gasteiger partial charge in [-0.1, -0.05) is 71.2 Å². The minimum absolute atomic E-state index is 0.129. The number of ether oxygens (including phenoxy) is 4. The van der Waals surface area contributed by atoms with Gasteiger partial charge in [0.15, 0.2) is 0 Å². The van der Waals surface area contributed by atoms with Crippen LogP contribution in [0, 0.1) is 0 Å². The van der Waals surface area contributed by atoms with Crippen molar-refractivity contribution in [3.8, 4) is 5.75 Å². The number of carbonyl (C=O) groups excluding carboxylic acids is 1. The lowest BCUT2D eigenvalue weighted by atomic mass is 10.1. The number of rotatable bonds is 19. The Morgan fingerprint density at radius 3 is 2.35 bits per heavy atom. The number of nitrogens with one attached hydrogen (secondary N) is 2. The van der Waals surface area contributed by atoms with Crippen molar-refractivity contribution in [2.24, 2.45) is 0 Å². The number of hydrogen-bond acceptors (Lipinski definition) is 7. The highest BCUT2D eigenvalue weighted by Gasteiger charge is 2.18. The smallest absolute Gasteiger partial charge is 0.251 e. The van der Waals surface area contributed by atoms with Crippen LogP contribution in [0.1, 0.15) is 38.7 Å². The molecule has 0 fully saturated rings. The minimum atomic E-state index is -0.393. The highest BCUT2D eigenvalue weighted by molar-refractivity contribution is 6.35. The summed E-state index contributed by atoms with van der Waals surface area (Å²) in [5.41, 5.74) is 3.74. The maximum Gasteiger partial charge on any atom is 0.251 e. The zero-order chi connectivity index (χ0) is 35.8. The van der Waals surface area contributed by atoms with Crippen molar-refractivity contribution in [3.05, 3.63) is 151 Å². The van der Waals surface area contributed by atoms with E-state index in [4.69, 9.17) is 53.8 Å². The van der Waals surface area contributed by atoms with Gasteiger partial charge in [0.2, 0.25) is 5.56 Å². The normalized spacial score (nSPS) is 11.9. The van der Waals surface area contributed by atoms with Crippen LogP contribution in [-0.4, -0.2) is 60.0 Å². The van der Waals surface area contributed by atoms with Crippen molar-refractivity contribution in [2.75, 3.05) is 39.6 Å². The molecule has 0 saturated carbocycles. The van der Waals surface area contributed by atoms with Crippen molar-refractivity contribution in [1.29, 1.82) is 0 Å². The monoisotopic (exact) mass is 750 g/mol. The number of halogens is 3. The maximum absolute atomic E-state index is 12.7. The Hall–Kier alpha value is -4.42. The molecule has 5 rings (SSSR count). The number of aromatic nitrogens is 3. The van der Waals surface area contributed by atoms with E-state index < -0.39 is 6.10 Å². The van der Waals surface area contributed by atoms with Crippen LogP contribution in [0.2, 0.25) is 15.1 Å². The summed E-state index contributed by atoms with van der Waals surface area (Å²) < 4.78 is 25.0. The molecule has 2 aromatic heterocycles. The highest BCUT2D eigenvalue weighted by Crippen LogP contribution is 2.31. The van der Waals surface area contributed by atoms with Crippen molar-refractivity contribution in [1.82, 2.24) is 19.9 Å². The van der Waals surface area contributed by atoms with Crippen LogP contribution in [0.5, 0.6) is 5.75 Å². The maximum atomic E-state index is 12.7. The lowest BCUT2D eigenvalue weighted by Gasteiger charge is -2.21. The van der Waals surface area contributed by atoms with Gasteiger partial charge in [-0.3, -0.25) is 9.59 Å². The second-order valence-electron chi connectivity index (χ2n) is 11.2. The minimum Gasteiger partial charge on any atom is -0.491 e. The predicted octanol–water partition coefficient (Wildman–Crippen LogP) is 7.50. The molecule has 1 amide bonds. The van der Waals surface area contributed by atoms with Crippen LogP contribution in [0.25, 0.3) is 12.2 Å². The quantitative estimate of drug-likeness (QED) is 0.0840. The van der Waals surface area contributed by atoms with Gasteiger partial charge in [0.25, 0.3) is 5.91 Å². The Balaban J connectivity index is 0.947. The third-order valence-corrected chi connectivity index (χ3v) is 8.47. The van der Waals surface area contributed by atoms with Crippen molar-refractivity contribution >= 4 is 52.9 Å². The van der Waals surface area contributed by atoms with Crippen molar-refractivity contribution in [3.63, 3.8) is 0 Å². The fourth-order valence-electron chi connectivity index (χ4n) is 4.86. The van der Waals surface area contributed by atoms with E-state index in [0.29, 0.717) is 66.8 Å². The summed E-state index contributed by atoms with van der Waals surface area (Å²) in [5.74, 6) is 0.482. The molecule has 5 aromatic rings. The van der Waals surface area contributed by atoms with Gasteiger partial charge in [-0.25, -0.2) is 4.98 Å². The molecule has 0 bridgehead atoms. The van der Waals surface area contributed by atoms with Crippen molar-refractivity contribution in [2.45, 2.75) is 19.3 Å².